The summed E-state index contributed by atoms with van der Waals surface area (Å²) in [6.45, 7) is 5.87. The summed E-state index contributed by atoms with van der Waals surface area (Å²) in [5.41, 5.74) is 4.77. The Morgan fingerprint density at radius 1 is 1.26 bits per heavy atom. The fraction of sp³-hybridized carbons (Fsp3) is 0.500. The lowest BCUT2D eigenvalue weighted by Gasteiger charge is -2.40. The van der Waals surface area contributed by atoms with Gasteiger partial charge in [-0.15, -0.1) is 22.9 Å². The molecule has 3 heterocycles. The van der Waals surface area contributed by atoms with Crippen molar-refractivity contribution < 1.29 is 9.57 Å². The van der Waals surface area contributed by atoms with Crippen LogP contribution in [0.4, 0.5) is 0 Å². The molecule has 4 atom stereocenters. The average Bonchev–Trinajstić information content (AvgIpc) is 3.15. The summed E-state index contributed by atoms with van der Waals surface area (Å²) in [7, 11) is 0. The number of hydrogen-bond donors (Lipinski definition) is 0. The molecule has 4 rings (SSSR count). The highest BCUT2D eigenvalue weighted by molar-refractivity contribution is 7.12. The number of morpholine rings is 1. The number of nitrogens with zero attached hydrogens (tertiary/aromatic N) is 3. The molecule has 2 aliphatic heterocycles. The third-order valence-electron chi connectivity index (χ3n) is 4.27. The van der Waals surface area contributed by atoms with Gasteiger partial charge in [-0.05, 0) is 19.9 Å². The van der Waals surface area contributed by atoms with E-state index in [-0.39, 0.29) is 23.7 Å². The minimum atomic E-state index is -0.248. The van der Waals surface area contributed by atoms with Gasteiger partial charge in [0, 0.05) is 30.6 Å². The van der Waals surface area contributed by atoms with Gasteiger partial charge in [0.05, 0.1) is 22.6 Å². The maximum atomic E-state index is 6.74. The summed E-state index contributed by atoms with van der Waals surface area (Å²) in [4.78, 5) is 13.1. The molecule has 1 aliphatic carbocycles. The van der Waals surface area contributed by atoms with Crippen LogP contribution in [0.1, 0.15) is 18.7 Å². The lowest BCUT2D eigenvalue weighted by molar-refractivity contribution is -0.0599. The Morgan fingerprint density at radius 2 is 2.04 bits per heavy atom. The van der Waals surface area contributed by atoms with Crippen molar-refractivity contribution in [3.8, 4) is 0 Å². The molecular weight excluding hydrogens is 334 g/mol. The van der Waals surface area contributed by atoms with Gasteiger partial charge in [-0.25, -0.2) is 0 Å². The third kappa shape index (κ3) is 2.69. The van der Waals surface area contributed by atoms with E-state index in [0.717, 1.165) is 34.9 Å². The highest BCUT2D eigenvalue weighted by Crippen LogP contribution is 2.36. The summed E-state index contributed by atoms with van der Waals surface area (Å²) in [5, 5.41) is 3.99. The van der Waals surface area contributed by atoms with Crippen LogP contribution in [0.15, 0.2) is 40.3 Å². The van der Waals surface area contributed by atoms with Crippen molar-refractivity contribution in [1.29, 1.82) is 0 Å². The van der Waals surface area contributed by atoms with Crippen LogP contribution in [0.5, 0.6) is 0 Å². The Labute approximate surface area is 144 Å². The Balaban J connectivity index is 1.61. The summed E-state index contributed by atoms with van der Waals surface area (Å²) in [6, 6.07) is 0. The second-order valence-corrected chi connectivity index (χ2v) is 7.47. The van der Waals surface area contributed by atoms with Gasteiger partial charge in [0.15, 0.2) is 6.10 Å². The van der Waals surface area contributed by atoms with Gasteiger partial charge < -0.3 is 14.5 Å². The molecule has 5 nitrogen and oxygen atoms in total. The van der Waals surface area contributed by atoms with Gasteiger partial charge in [0.1, 0.15) is 11.1 Å². The van der Waals surface area contributed by atoms with E-state index in [1.807, 2.05) is 6.20 Å². The Bertz CT molecular complexity index is 676. The molecule has 1 aromatic heterocycles. The first-order chi connectivity index (χ1) is 11.1. The van der Waals surface area contributed by atoms with Crippen LogP contribution >= 0.6 is 22.9 Å². The van der Waals surface area contributed by atoms with Crippen molar-refractivity contribution in [2.45, 2.75) is 37.5 Å². The van der Waals surface area contributed by atoms with E-state index in [0.29, 0.717) is 0 Å². The zero-order valence-electron chi connectivity index (χ0n) is 13.0. The number of halogens is 1. The molecule has 0 aromatic carbocycles. The van der Waals surface area contributed by atoms with Crippen LogP contribution in [0, 0.1) is 0 Å². The molecule has 2 unspecified atom stereocenters. The van der Waals surface area contributed by atoms with Crippen molar-refractivity contribution >= 4 is 28.6 Å². The molecule has 0 spiro atoms. The second-order valence-electron chi connectivity index (χ2n) is 6.11. The Kier molecular flexibility index (Phi) is 3.91. The Hall–Kier alpha value is -1.37. The van der Waals surface area contributed by atoms with E-state index >= 15 is 0 Å². The van der Waals surface area contributed by atoms with E-state index < -0.39 is 0 Å². The van der Waals surface area contributed by atoms with E-state index in [1.54, 1.807) is 16.8 Å². The monoisotopic (exact) mass is 351 g/mol. The Morgan fingerprint density at radius 3 is 2.74 bits per heavy atom. The summed E-state index contributed by atoms with van der Waals surface area (Å²) < 4.78 is 5.81. The first kappa shape index (κ1) is 15.2. The van der Waals surface area contributed by atoms with Gasteiger partial charge >= 0.3 is 0 Å². The third-order valence-corrected chi connectivity index (χ3v) is 5.50. The van der Waals surface area contributed by atoms with Gasteiger partial charge in [-0.2, -0.15) is 0 Å². The van der Waals surface area contributed by atoms with Gasteiger partial charge in [0.25, 0.3) is 0 Å². The normalized spacial score (nSPS) is 33.5. The number of hydrogen-bond acceptors (Lipinski definition) is 6. The maximum Gasteiger partial charge on any atom is 0.176 e. The molecule has 1 saturated heterocycles. The SMILES string of the molecule is C[C@@H]1CN(C2=CC=C3C(c4cncs4)=NOC3C2Cl)C[C@H](C)O1. The number of thiazole rings is 1. The van der Waals surface area contributed by atoms with Crippen LogP contribution in [0.2, 0.25) is 0 Å². The number of oxime groups is 1. The van der Waals surface area contributed by atoms with Crippen molar-refractivity contribution in [1.82, 2.24) is 9.88 Å². The van der Waals surface area contributed by atoms with Crippen LogP contribution in [-0.4, -0.2) is 52.4 Å². The van der Waals surface area contributed by atoms with Crippen LogP contribution in [-0.2, 0) is 9.57 Å². The van der Waals surface area contributed by atoms with E-state index in [9.17, 15) is 0 Å². The zero-order valence-corrected chi connectivity index (χ0v) is 14.5. The van der Waals surface area contributed by atoms with E-state index in [2.05, 4.69) is 41.0 Å². The summed E-state index contributed by atoms with van der Waals surface area (Å²) in [5.74, 6) is 0. The molecule has 0 amide bonds. The first-order valence-corrected chi connectivity index (χ1v) is 9.04. The minimum absolute atomic E-state index is 0.197. The minimum Gasteiger partial charge on any atom is -0.385 e. The summed E-state index contributed by atoms with van der Waals surface area (Å²) in [6.07, 6.45) is 6.14. The van der Waals surface area contributed by atoms with E-state index in [1.165, 1.54) is 0 Å². The quantitative estimate of drug-likeness (QED) is 0.769. The molecule has 23 heavy (non-hydrogen) atoms. The highest BCUT2D eigenvalue weighted by Gasteiger charge is 2.41. The largest absolute Gasteiger partial charge is 0.385 e. The number of allylic oxidation sites excluding steroid dienone is 2. The van der Waals surface area contributed by atoms with Gasteiger partial charge in [-0.3, -0.25) is 4.98 Å². The van der Waals surface area contributed by atoms with Crippen molar-refractivity contribution in [3.63, 3.8) is 0 Å². The van der Waals surface area contributed by atoms with Gasteiger partial charge in [-0.1, -0.05) is 11.2 Å². The maximum absolute atomic E-state index is 6.74. The first-order valence-electron chi connectivity index (χ1n) is 7.73. The van der Waals surface area contributed by atoms with Crippen molar-refractivity contribution in [2.75, 3.05) is 13.1 Å². The lowest BCUT2D eigenvalue weighted by Crippen LogP contribution is -2.48. The molecule has 1 fully saturated rings. The molecule has 1 aromatic rings. The number of alkyl halides is 1. The molecular formula is C16H18ClN3O2S. The molecule has 3 aliphatic rings. The van der Waals surface area contributed by atoms with Crippen LogP contribution in [0.25, 0.3) is 0 Å². The molecule has 0 bridgehead atoms. The average molecular weight is 352 g/mol. The predicted molar refractivity (Wildman–Crippen MR) is 90.9 cm³/mol. The molecule has 122 valence electrons. The fourth-order valence-corrected chi connectivity index (χ4v) is 4.37. The molecule has 7 heteroatoms. The smallest absolute Gasteiger partial charge is 0.176 e. The summed E-state index contributed by atoms with van der Waals surface area (Å²) >= 11 is 8.29. The fourth-order valence-electron chi connectivity index (χ4n) is 3.35. The van der Waals surface area contributed by atoms with Crippen LogP contribution in [0.3, 0.4) is 0 Å². The predicted octanol–water partition coefficient (Wildman–Crippen LogP) is 2.79. The standard InChI is InChI=1S/C16H18ClN3O2S/c1-9-6-20(7-10(2)21-9)12-4-3-11-15(13-5-18-8-23-13)19-22-16(11)14(12)17/h3-5,8-10,14,16H,6-7H2,1-2H3/t9-,10+,14?,16?. The number of ether oxygens (including phenoxy) is 1. The highest BCUT2D eigenvalue weighted by atomic mass is 35.5. The molecule has 0 saturated carbocycles. The van der Waals surface area contributed by atoms with Crippen molar-refractivity contribution in [3.05, 3.63) is 40.0 Å². The number of aromatic nitrogens is 1. The van der Waals surface area contributed by atoms with Crippen molar-refractivity contribution in [2.24, 2.45) is 5.16 Å². The van der Waals surface area contributed by atoms with E-state index in [4.69, 9.17) is 21.2 Å². The number of fused-ring (bicyclic) bond motifs is 1. The molecule has 0 N–H and O–H groups in total. The topological polar surface area (TPSA) is 47.0 Å². The molecule has 0 radical (unpaired) electrons. The van der Waals surface area contributed by atoms with Gasteiger partial charge in [0.2, 0.25) is 0 Å². The zero-order chi connectivity index (χ0) is 16.0. The number of rotatable bonds is 2. The lowest BCUT2D eigenvalue weighted by atomic mass is 9.94. The second kappa shape index (κ2) is 5.92. The van der Waals surface area contributed by atoms with Crippen LogP contribution < -0.4 is 0 Å².